The minimum absolute atomic E-state index is 0.101. The van der Waals surface area contributed by atoms with Crippen LogP contribution in [0, 0.1) is 6.92 Å². The minimum Gasteiger partial charge on any atom is -0.351 e. The molecule has 0 atom stereocenters. The first-order chi connectivity index (χ1) is 13.7. The molecule has 2 aromatic carbocycles. The van der Waals surface area contributed by atoms with Crippen LogP contribution in [-0.4, -0.2) is 10.5 Å². The van der Waals surface area contributed by atoms with Gasteiger partial charge in [0.15, 0.2) is 0 Å². The van der Waals surface area contributed by atoms with Crippen molar-refractivity contribution in [1.82, 2.24) is 9.88 Å². The molecule has 4 aromatic rings. The van der Waals surface area contributed by atoms with E-state index in [1.807, 2.05) is 17.5 Å². The summed E-state index contributed by atoms with van der Waals surface area (Å²) in [5.74, 6) is 0.101. The molecule has 1 N–H and O–H groups in total. The number of rotatable bonds is 7. The smallest absolute Gasteiger partial charge is 0.220 e. The number of thiophene rings is 1. The zero-order chi connectivity index (χ0) is 19.3. The van der Waals surface area contributed by atoms with Crippen LogP contribution in [0.25, 0.3) is 10.9 Å². The molecule has 0 spiro atoms. The summed E-state index contributed by atoms with van der Waals surface area (Å²) in [7, 11) is 0. The molecule has 3 nitrogen and oxygen atoms in total. The largest absolute Gasteiger partial charge is 0.351 e. The summed E-state index contributed by atoms with van der Waals surface area (Å²) in [5.41, 5.74) is 5.08. The van der Waals surface area contributed by atoms with E-state index in [4.69, 9.17) is 0 Å². The van der Waals surface area contributed by atoms with E-state index < -0.39 is 0 Å². The molecule has 0 unspecified atom stereocenters. The highest BCUT2D eigenvalue weighted by Gasteiger charge is 2.11. The van der Waals surface area contributed by atoms with E-state index in [2.05, 4.69) is 71.5 Å². The molecule has 28 heavy (non-hydrogen) atoms. The lowest BCUT2D eigenvalue weighted by atomic mass is 10.1. The Labute approximate surface area is 169 Å². The van der Waals surface area contributed by atoms with Gasteiger partial charge in [-0.15, -0.1) is 11.3 Å². The van der Waals surface area contributed by atoms with E-state index in [0.717, 1.165) is 13.0 Å². The van der Waals surface area contributed by atoms with E-state index in [0.29, 0.717) is 13.0 Å². The topological polar surface area (TPSA) is 34.0 Å². The number of carbonyl (C=O) groups is 1. The zero-order valence-corrected chi connectivity index (χ0v) is 16.8. The second kappa shape index (κ2) is 8.44. The van der Waals surface area contributed by atoms with Gasteiger partial charge >= 0.3 is 0 Å². The Kier molecular flexibility index (Phi) is 5.58. The number of hydrogen-bond donors (Lipinski definition) is 1. The van der Waals surface area contributed by atoms with E-state index in [1.54, 1.807) is 11.3 Å². The number of carbonyl (C=O) groups excluding carboxylic acids is 1. The van der Waals surface area contributed by atoms with Gasteiger partial charge in [0.05, 0.1) is 6.54 Å². The second-order valence-corrected chi connectivity index (χ2v) is 8.11. The predicted molar refractivity (Wildman–Crippen MR) is 117 cm³/mol. The Bertz CT molecular complexity index is 1080. The maximum atomic E-state index is 12.3. The van der Waals surface area contributed by atoms with Crippen LogP contribution in [0.1, 0.15) is 28.0 Å². The normalized spacial score (nSPS) is 11.0. The highest BCUT2D eigenvalue weighted by molar-refractivity contribution is 7.09. The van der Waals surface area contributed by atoms with Crippen molar-refractivity contribution in [1.29, 1.82) is 0 Å². The van der Waals surface area contributed by atoms with Crippen LogP contribution in [0.4, 0.5) is 0 Å². The van der Waals surface area contributed by atoms with Gasteiger partial charge < -0.3 is 9.88 Å². The fraction of sp³-hybridized carbons (Fsp3) is 0.208. The van der Waals surface area contributed by atoms with Gasteiger partial charge in [0.25, 0.3) is 0 Å². The zero-order valence-electron chi connectivity index (χ0n) is 16.0. The minimum atomic E-state index is 0.101. The number of amides is 1. The lowest BCUT2D eigenvalue weighted by Crippen LogP contribution is -2.22. The first kappa shape index (κ1) is 18.5. The highest BCUT2D eigenvalue weighted by atomic mass is 32.1. The summed E-state index contributed by atoms with van der Waals surface area (Å²) in [6.07, 6.45) is 3.46. The SMILES string of the molecule is Cc1ccccc1Cn1cc(CCC(=O)NCc2cccs2)c2ccccc21. The first-order valence-electron chi connectivity index (χ1n) is 9.61. The second-order valence-electron chi connectivity index (χ2n) is 7.08. The number of hydrogen-bond acceptors (Lipinski definition) is 2. The molecule has 0 aliphatic rings. The van der Waals surface area contributed by atoms with Gasteiger partial charge in [-0.25, -0.2) is 0 Å². The van der Waals surface area contributed by atoms with Crippen molar-refractivity contribution in [3.8, 4) is 0 Å². The number of nitrogens with zero attached hydrogens (tertiary/aromatic N) is 1. The Hall–Kier alpha value is -2.85. The Morgan fingerprint density at radius 1 is 1.00 bits per heavy atom. The Morgan fingerprint density at radius 3 is 2.64 bits per heavy atom. The van der Waals surface area contributed by atoms with Crippen molar-refractivity contribution in [3.05, 3.63) is 93.8 Å². The molecule has 0 bridgehead atoms. The third-order valence-corrected chi connectivity index (χ3v) is 6.01. The van der Waals surface area contributed by atoms with Gasteiger partial charge in [-0.1, -0.05) is 48.5 Å². The van der Waals surface area contributed by atoms with Gasteiger partial charge in [0.2, 0.25) is 5.91 Å². The maximum Gasteiger partial charge on any atom is 0.220 e. The molecule has 4 heteroatoms. The predicted octanol–water partition coefficient (Wildman–Crippen LogP) is 5.31. The van der Waals surface area contributed by atoms with E-state index in [9.17, 15) is 4.79 Å². The molecule has 0 saturated carbocycles. The fourth-order valence-corrected chi connectivity index (χ4v) is 4.20. The van der Waals surface area contributed by atoms with Gasteiger partial charge in [0, 0.05) is 34.9 Å². The summed E-state index contributed by atoms with van der Waals surface area (Å²) in [6.45, 7) is 3.61. The van der Waals surface area contributed by atoms with Crippen molar-refractivity contribution >= 4 is 28.1 Å². The number of para-hydroxylation sites is 1. The van der Waals surface area contributed by atoms with Gasteiger partial charge in [-0.2, -0.15) is 0 Å². The molecule has 142 valence electrons. The van der Waals surface area contributed by atoms with Crippen LogP contribution in [0.3, 0.4) is 0 Å². The van der Waals surface area contributed by atoms with Crippen LogP contribution in [-0.2, 0) is 24.3 Å². The van der Waals surface area contributed by atoms with Crippen LogP contribution in [0.5, 0.6) is 0 Å². The molecule has 0 fully saturated rings. The number of nitrogens with one attached hydrogen (secondary N) is 1. The van der Waals surface area contributed by atoms with Gasteiger partial charge in [0.1, 0.15) is 0 Å². The summed E-state index contributed by atoms with van der Waals surface area (Å²) in [4.78, 5) is 13.5. The van der Waals surface area contributed by atoms with Gasteiger partial charge in [-0.05, 0) is 47.5 Å². The van der Waals surface area contributed by atoms with Crippen molar-refractivity contribution in [2.75, 3.05) is 0 Å². The summed E-state index contributed by atoms with van der Waals surface area (Å²) >= 11 is 1.67. The summed E-state index contributed by atoms with van der Waals surface area (Å²) < 4.78 is 2.30. The molecule has 0 radical (unpaired) electrons. The van der Waals surface area contributed by atoms with Crippen LogP contribution in [0.2, 0.25) is 0 Å². The first-order valence-corrected chi connectivity index (χ1v) is 10.5. The number of benzene rings is 2. The molecular formula is C24H24N2OS. The Morgan fingerprint density at radius 2 is 1.82 bits per heavy atom. The maximum absolute atomic E-state index is 12.3. The summed E-state index contributed by atoms with van der Waals surface area (Å²) in [6, 6.07) is 21.0. The van der Waals surface area contributed by atoms with Crippen molar-refractivity contribution in [2.24, 2.45) is 0 Å². The van der Waals surface area contributed by atoms with Gasteiger partial charge in [-0.3, -0.25) is 4.79 Å². The third kappa shape index (κ3) is 4.18. The third-order valence-electron chi connectivity index (χ3n) is 5.13. The Balaban J connectivity index is 1.48. The molecule has 4 rings (SSSR count). The van der Waals surface area contributed by atoms with Crippen LogP contribution in [0.15, 0.2) is 72.2 Å². The molecular weight excluding hydrogens is 364 g/mol. The van der Waals surface area contributed by atoms with Crippen LogP contribution < -0.4 is 5.32 Å². The molecule has 1 amide bonds. The molecule has 0 aliphatic carbocycles. The monoisotopic (exact) mass is 388 g/mol. The summed E-state index contributed by atoms with van der Waals surface area (Å²) in [5, 5.41) is 6.29. The van der Waals surface area contributed by atoms with Crippen LogP contribution >= 0.6 is 11.3 Å². The molecule has 0 saturated heterocycles. The van der Waals surface area contributed by atoms with Crippen molar-refractivity contribution in [3.63, 3.8) is 0 Å². The lowest BCUT2D eigenvalue weighted by Gasteiger charge is -2.08. The quantitative estimate of drug-likeness (QED) is 0.457. The fourth-order valence-electron chi connectivity index (χ4n) is 3.56. The van der Waals surface area contributed by atoms with Crippen molar-refractivity contribution < 1.29 is 4.79 Å². The highest BCUT2D eigenvalue weighted by Crippen LogP contribution is 2.24. The van der Waals surface area contributed by atoms with E-state index in [-0.39, 0.29) is 5.91 Å². The average molecular weight is 389 g/mol. The molecule has 0 aliphatic heterocycles. The lowest BCUT2D eigenvalue weighted by molar-refractivity contribution is -0.121. The number of aryl methyl sites for hydroxylation is 2. The number of aromatic nitrogens is 1. The molecule has 2 aromatic heterocycles. The van der Waals surface area contributed by atoms with E-state index >= 15 is 0 Å². The molecule has 2 heterocycles. The van der Waals surface area contributed by atoms with E-state index in [1.165, 1.54) is 32.5 Å². The van der Waals surface area contributed by atoms with Crippen molar-refractivity contribution in [2.45, 2.75) is 32.9 Å². The number of fused-ring (bicyclic) bond motifs is 1. The standard InChI is InChI=1S/C24H24N2OS/c1-18-7-2-3-8-19(18)16-26-17-20(22-10-4-5-11-23(22)26)12-13-24(27)25-15-21-9-6-14-28-21/h2-11,14,17H,12-13,15-16H2,1H3,(H,25,27). The average Bonchev–Trinajstić information content (AvgIpc) is 3.35.